The van der Waals surface area contributed by atoms with Gasteiger partial charge >= 0.3 is 23.5 Å². The first kappa shape index (κ1) is 23.2. The van der Waals surface area contributed by atoms with Crippen molar-refractivity contribution < 1.29 is 71.6 Å². The number of phosphoric acid groups is 3. The van der Waals surface area contributed by atoms with Crippen molar-refractivity contribution in [2.75, 3.05) is 7.11 Å². The Balaban J connectivity index is 3.24. The predicted molar refractivity (Wildman–Crippen MR) is 73.6 cm³/mol. The SMILES string of the molecule is COP(=O)(O)O[C@@H]1[C@@H](O)[C@H](OP(=O)(O)O)[C@@H](OP(=O)(O)O)[C@H](O)[C@@H]1O. The number of hydrogen-bond acceptors (Lipinski definition) is 10. The lowest BCUT2D eigenvalue weighted by Crippen LogP contribution is -2.65. The third-order valence-corrected chi connectivity index (χ3v) is 5.03. The first-order valence-corrected chi connectivity index (χ1v) is 10.7. The van der Waals surface area contributed by atoms with Gasteiger partial charge in [-0.25, -0.2) is 13.7 Å². The molecule has 8 N–H and O–H groups in total. The molecule has 18 heteroatoms. The molecule has 1 aliphatic rings. The van der Waals surface area contributed by atoms with Gasteiger partial charge in [0.05, 0.1) is 0 Å². The molecule has 0 amide bonds. The van der Waals surface area contributed by atoms with Gasteiger partial charge in [0.1, 0.15) is 36.6 Å². The van der Waals surface area contributed by atoms with E-state index in [0.29, 0.717) is 0 Å². The molecule has 0 bridgehead atoms. The zero-order valence-electron chi connectivity index (χ0n) is 12.2. The lowest BCUT2D eigenvalue weighted by Gasteiger charge is -2.44. The van der Waals surface area contributed by atoms with E-state index >= 15 is 0 Å². The third-order valence-electron chi connectivity index (χ3n) is 3.02. The molecule has 1 aliphatic carbocycles. The first-order chi connectivity index (χ1) is 11.1. The average molecular weight is 434 g/mol. The van der Waals surface area contributed by atoms with Crippen LogP contribution in [0.15, 0.2) is 0 Å². The van der Waals surface area contributed by atoms with E-state index < -0.39 is 60.1 Å². The lowest BCUT2D eigenvalue weighted by molar-refractivity contribution is -0.212. The van der Waals surface area contributed by atoms with Gasteiger partial charge in [0.2, 0.25) is 0 Å². The monoisotopic (exact) mass is 434 g/mol. The van der Waals surface area contributed by atoms with Gasteiger partial charge in [0, 0.05) is 7.11 Å². The number of hydrogen-bond donors (Lipinski definition) is 8. The van der Waals surface area contributed by atoms with Crippen LogP contribution in [0.5, 0.6) is 0 Å². The van der Waals surface area contributed by atoms with Gasteiger partial charge in [0.25, 0.3) is 0 Å². The molecule has 1 fully saturated rings. The molecule has 0 aromatic rings. The molecule has 0 radical (unpaired) electrons. The van der Waals surface area contributed by atoms with Gasteiger partial charge < -0.3 is 39.8 Å². The molecular weight excluding hydrogens is 417 g/mol. The summed E-state index contributed by atoms with van der Waals surface area (Å²) in [6, 6.07) is 0. The van der Waals surface area contributed by atoms with Gasteiger partial charge in [-0.1, -0.05) is 0 Å². The number of rotatable bonds is 7. The van der Waals surface area contributed by atoms with Gasteiger partial charge in [-0.3, -0.25) is 18.1 Å². The molecule has 0 aromatic heterocycles. The minimum absolute atomic E-state index is 0.724. The van der Waals surface area contributed by atoms with Crippen molar-refractivity contribution in [3.63, 3.8) is 0 Å². The quantitative estimate of drug-likeness (QED) is 0.188. The maximum Gasteiger partial charge on any atom is 0.472 e. The van der Waals surface area contributed by atoms with Gasteiger partial charge in [-0.2, -0.15) is 0 Å². The van der Waals surface area contributed by atoms with Crippen molar-refractivity contribution in [1.82, 2.24) is 0 Å². The Labute approximate surface area is 139 Å². The van der Waals surface area contributed by atoms with Crippen LogP contribution in [-0.4, -0.2) is 83.5 Å². The molecule has 25 heavy (non-hydrogen) atoms. The van der Waals surface area contributed by atoms with Gasteiger partial charge in [-0.05, 0) is 0 Å². The Kier molecular flexibility index (Phi) is 7.50. The summed E-state index contributed by atoms with van der Waals surface area (Å²) in [5.74, 6) is 0. The van der Waals surface area contributed by atoms with Gasteiger partial charge in [0.15, 0.2) is 0 Å². The van der Waals surface area contributed by atoms with Crippen LogP contribution in [-0.2, 0) is 31.8 Å². The normalized spacial score (nSPS) is 36.8. The molecule has 7 atom stereocenters. The molecule has 0 saturated heterocycles. The molecule has 0 aliphatic heterocycles. The van der Waals surface area contributed by atoms with E-state index in [1.807, 2.05) is 0 Å². The summed E-state index contributed by atoms with van der Waals surface area (Å²) in [6.45, 7) is 0. The fraction of sp³-hybridized carbons (Fsp3) is 1.00. The first-order valence-electron chi connectivity index (χ1n) is 6.17. The highest BCUT2D eigenvalue weighted by atomic mass is 31.2. The van der Waals surface area contributed by atoms with E-state index in [0.717, 1.165) is 7.11 Å². The highest BCUT2D eigenvalue weighted by molar-refractivity contribution is 7.47. The molecule has 1 rings (SSSR count). The third kappa shape index (κ3) is 6.70. The van der Waals surface area contributed by atoms with Crippen LogP contribution in [0.25, 0.3) is 0 Å². The molecule has 0 heterocycles. The van der Waals surface area contributed by atoms with Crippen molar-refractivity contribution in [2.24, 2.45) is 0 Å². The predicted octanol–water partition coefficient (Wildman–Crippen LogP) is -2.83. The van der Waals surface area contributed by atoms with E-state index in [-0.39, 0.29) is 0 Å². The second kappa shape index (κ2) is 8.07. The molecule has 0 spiro atoms. The summed E-state index contributed by atoms with van der Waals surface area (Å²) >= 11 is 0. The minimum Gasteiger partial charge on any atom is -0.387 e. The Morgan fingerprint density at radius 2 is 1.00 bits per heavy atom. The molecule has 1 unspecified atom stereocenters. The molecule has 15 nitrogen and oxygen atoms in total. The standard InChI is InChI=1S/C7H17O15P3/c1-19-25(17,18)22-5-2(8)3(9)6(20-23(11,12)13)7(4(5)10)21-24(14,15)16/h2-10H,1H3,(H,17,18)(H2,11,12,13)(H2,14,15,16)/t2-,3+,4+,5-,6-,7-/m0/s1. The van der Waals surface area contributed by atoms with E-state index in [1.54, 1.807) is 0 Å². The zero-order chi connectivity index (χ0) is 19.8. The van der Waals surface area contributed by atoms with E-state index in [2.05, 4.69) is 18.1 Å². The molecule has 1 saturated carbocycles. The maximum atomic E-state index is 11.4. The van der Waals surface area contributed by atoms with Gasteiger partial charge in [-0.15, -0.1) is 0 Å². The van der Waals surface area contributed by atoms with Crippen LogP contribution in [0.4, 0.5) is 0 Å². The van der Waals surface area contributed by atoms with Crippen molar-refractivity contribution in [2.45, 2.75) is 36.6 Å². The highest BCUT2D eigenvalue weighted by Gasteiger charge is 2.56. The van der Waals surface area contributed by atoms with E-state index in [1.165, 1.54) is 0 Å². The van der Waals surface area contributed by atoms with Crippen LogP contribution in [0.2, 0.25) is 0 Å². The topological polar surface area (TPSA) is 250 Å². The van der Waals surface area contributed by atoms with Crippen LogP contribution in [0.1, 0.15) is 0 Å². The van der Waals surface area contributed by atoms with E-state index in [9.17, 15) is 33.9 Å². The maximum absolute atomic E-state index is 11.4. The molecule has 150 valence electrons. The highest BCUT2D eigenvalue weighted by Crippen LogP contribution is 2.50. The molecular formula is C7H17O15P3. The average Bonchev–Trinajstić information content (AvgIpc) is 2.43. The Bertz CT molecular complexity index is 596. The zero-order valence-corrected chi connectivity index (χ0v) is 14.9. The molecule has 0 aromatic carbocycles. The summed E-state index contributed by atoms with van der Waals surface area (Å²) in [5.41, 5.74) is 0. The van der Waals surface area contributed by atoms with Crippen molar-refractivity contribution >= 4 is 23.5 Å². The fourth-order valence-corrected chi connectivity index (χ4v) is 3.82. The Hall–Kier alpha value is 0.210. The van der Waals surface area contributed by atoms with Crippen LogP contribution >= 0.6 is 23.5 Å². The summed E-state index contributed by atoms with van der Waals surface area (Å²) < 4.78 is 50.0. The van der Waals surface area contributed by atoms with Crippen LogP contribution in [0, 0.1) is 0 Å². The van der Waals surface area contributed by atoms with E-state index in [4.69, 9.17) is 19.6 Å². The second-order valence-corrected chi connectivity index (χ2v) is 8.71. The van der Waals surface area contributed by atoms with Crippen LogP contribution in [0.3, 0.4) is 0 Å². The van der Waals surface area contributed by atoms with Crippen LogP contribution < -0.4 is 0 Å². The summed E-state index contributed by atoms with van der Waals surface area (Å²) in [7, 11) is -14.9. The summed E-state index contributed by atoms with van der Waals surface area (Å²) in [6.07, 6.45) is -13.9. The second-order valence-electron chi connectivity index (χ2n) is 4.81. The largest absolute Gasteiger partial charge is 0.472 e. The summed E-state index contributed by atoms with van der Waals surface area (Å²) in [5, 5.41) is 29.7. The smallest absolute Gasteiger partial charge is 0.387 e. The van der Waals surface area contributed by atoms with Crippen molar-refractivity contribution in [3.05, 3.63) is 0 Å². The minimum atomic E-state index is -5.41. The Morgan fingerprint density at radius 3 is 1.36 bits per heavy atom. The van der Waals surface area contributed by atoms with Crippen molar-refractivity contribution in [1.29, 1.82) is 0 Å². The number of phosphoric ester groups is 3. The van der Waals surface area contributed by atoms with Crippen molar-refractivity contribution in [3.8, 4) is 0 Å². The fourth-order valence-electron chi connectivity index (χ4n) is 2.05. The number of aliphatic hydroxyl groups excluding tert-OH is 3. The summed E-state index contributed by atoms with van der Waals surface area (Å²) in [4.78, 5) is 44.5. The lowest BCUT2D eigenvalue weighted by atomic mass is 9.85. The number of aliphatic hydroxyl groups is 3. The Morgan fingerprint density at radius 1 is 0.640 bits per heavy atom.